The van der Waals surface area contributed by atoms with E-state index < -0.39 is 0 Å². The first-order valence-electron chi connectivity index (χ1n) is 26.6. The van der Waals surface area contributed by atoms with Gasteiger partial charge < -0.3 is 0 Å². The molecule has 0 N–H and O–H groups in total. The third-order valence-corrected chi connectivity index (χ3v) is 17.3. The van der Waals surface area contributed by atoms with Crippen LogP contribution in [0.1, 0.15) is 66.8 Å². The summed E-state index contributed by atoms with van der Waals surface area (Å²) in [5.74, 6) is 0. The summed E-state index contributed by atoms with van der Waals surface area (Å²) in [6.07, 6.45) is 0. The summed E-state index contributed by atoms with van der Waals surface area (Å²) in [6.45, 7) is 22.1. The summed E-state index contributed by atoms with van der Waals surface area (Å²) >= 11 is 0. The second-order valence-electron chi connectivity index (χ2n) is 22.3. The van der Waals surface area contributed by atoms with Gasteiger partial charge in [0.05, 0.1) is 23.3 Å². The van der Waals surface area contributed by atoms with Gasteiger partial charge in [-0.3, -0.25) is 0 Å². The number of hydrogen-bond donors (Lipinski definition) is 0. The molecule has 76 heavy (non-hydrogen) atoms. The second-order valence-corrected chi connectivity index (χ2v) is 22.3. The van der Waals surface area contributed by atoms with E-state index in [1.807, 2.05) is 24.3 Å². The lowest BCUT2D eigenvalue weighted by Gasteiger charge is -2.21. The fourth-order valence-electron chi connectivity index (χ4n) is 14.7. The van der Waals surface area contributed by atoms with Crippen molar-refractivity contribution in [2.45, 2.75) is 69.2 Å². The maximum Gasteiger partial charge on any atom is 0.0991 e. The molecule has 0 aromatic heterocycles. The molecular weight excluding hydrogens is 917 g/mol. The summed E-state index contributed by atoms with van der Waals surface area (Å²) < 4.78 is 0. The van der Waals surface area contributed by atoms with Crippen LogP contribution in [0.4, 0.5) is 0 Å². The van der Waals surface area contributed by atoms with Gasteiger partial charge >= 0.3 is 0 Å². The van der Waals surface area contributed by atoms with Crippen LogP contribution in [0.2, 0.25) is 0 Å². The molecule has 0 saturated carbocycles. The van der Waals surface area contributed by atoms with Crippen molar-refractivity contribution in [3.8, 4) is 101 Å². The molecule has 2 aliphatic rings. The molecule has 0 spiro atoms. The first-order chi connectivity index (χ1) is 36.7. The predicted molar refractivity (Wildman–Crippen MR) is 321 cm³/mol. The fraction of sp³-hybridized carbons (Fsp3) is 0.135. The normalized spacial score (nSPS) is 12.1. The number of fused-ring (bicyclic) bond motifs is 11. The molecule has 2 heteroatoms. The first kappa shape index (κ1) is 45.5. The number of hydrogen-bond acceptors (Lipinski definition) is 2. The van der Waals surface area contributed by atoms with Crippen LogP contribution >= 0.6 is 0 Å². The molecule has 0 saturated heterocycles. The summed E-state index contributed by atoms with van der Waals surface area (Å²) in [6, 6.07) is 60.4. The minimum atomic E-state index is 0.696. The van der Waals surface area contributed by atoms with E-state index in [-0.39, 0.29) is 0 Å². The molecule has 0 radical (unpaired) electrons. The van der Waals surface area contributed by atoms with Gasteiger partial charge in [0, 0.05) is 0 Å². The molecule has 0 amide bonds. The number of aryl methyl sites for hydroxylation is 10. The fourth-order valence-corrected chi connectivity index (χ4v) is 14.7. The number of rotatable bonds is 4. The molecule has 0 atom stereocenters. The van der Waals surface area contributed by atoms with Gasteiger partial charge in [-0.05, 0) is 317 Å². The minimum Gasteiger partial charge on any atom is -0.192 e. The Morgan fingerprint density at radius 1 is 0.237 bits per heavy atom. The van der Waals surface area contributed by atoms with Crippen molar-refractivity contribution < 1.29 is 0 Å². The monoisotopic (exact) mass is 970 g/mol. The van der Waals surface area contributed by atoms with Crippen molar-refractivity contribution in [3.05, 3.63) is 212 Å². The van der Waals surface area contributed by atoms with Crippen molar-refractivity contribution in [1.82, 2.24) is 0 Å². The van der Waals surface area contributed by atoms with Crippen LogP contribution in [0, 0.1) is 91.9 Å². The average molecular weight is 971 g/mol. The van der Waals surface area contributed by atoms with E-state index in [9.17, 15) is 10.5 Å². The van der Waals surface area contributed by atoms with Crippen LogP contribution in [-0.2, 0) is 0 Å². The van der Waals surface area contributed by atoms with Crippen LogP contribution in [0.5, 0.6) is 0 Å². The number of benzene rings is 12. The topological polar surface area (TPSA) is 47.6 Å². The highest BCUT2D eigenvalue weighted by molar-refractivity contribution is 6.30. The lowest BCUT2D eigenvalue weighted by molar-refractivity contribution is 1.32. The highest BCUT2D eigenvalue weighted by Gasteiger charge is 2.30. The van der Waals surface area contributed by atoms with Crippen LogP contribution in [0.15, 0.2) is 146 Å². The highest BCUT2D eigenvalue weighted by atomic mass is 14.3. The maximum atomic E-state index is 9.85. The molecule has 2 aliphatic carbocycles. The Kier molecular flexibility index (Phi) is 9.71. The van der Waals surface area contributed by atoms with Gasteiger partial charge in [-0.1, -0.05) is 96.1 Å². The highest BCUT2D eigenvalue weighted by Crippen LogP contribution is 2.56. The van der Waals surface area contributed by atoms with Crippen molar-refractivity contribution in [2.24, 2.45) is 0 Å². The van der Waals surface area contributed by atoms with Crippen LogP contribution in [-0.4, -0.2) is 0 Å². The maximum absolute atomic E-state index is 9.85. The van der Waals surface area contributed by atoms with Crippen molar-refractivity contribution in [3.63, 3.8) is 0 Å². The second kappa shape index (κ2) is 16.2. The van der Waals surface area contributed by atoms with Gasteiger partial charge in [-0.15, -0.1) is 0 Å². The van der Waals surface area contributed by atoms with Gasteiger partial charge in [0.15, 0.2) is 0 Å². The molecule has 360 valence electrons. The van der Waals surface area contributed by atoms with Gasteiger partial charge in [0.2, 0.25) is 0 Å². The Morgan fingerprint density at radius 3 is 0.842 bits per heavy atom. The third kappa shape index (κ3) is 6.32. The number of nitriles is 2. The summed E-state index contributed by atoms with van der Waals surface area (Å²) in [5.41, 5.74) is 33.5. The Bertz CT molecular complexity index is 4410. The summed E-state index contributed by atoms with van der Waals surface area (Å²) in [7, 11) is 0. The van der Waals surface area contributed by atoms with Crippen molar-refractivity contribution >= 4 is 53.9 Å². The zero-order chi connectivity index (χ0) is 52.3. The Balaban J connectivity index is 1.10. The standard InChI is InChI=1S/C74H54N2/c1-37-21-39(3)71(40(4)22-37)67-33-63-62-30-58-52-16-12-14-50-54(70-45(9)27-48(36-76)28-46(70)10)18-20-56(74(50)52)60(58)32-66(62)68(72-41(5)23-38(2)24-42(72)6)34-64(63)61-29-57-51-15-11-13-49-53(69-43(7)25-47(35-75)26-44(69)8)17-19-55(73(49)51)59(57)31-65(61)67/h11-34H,1-10H3. The van der Waals surface area contributed by atoms with Gasteiger partial charge in [-0.2, -0.15) is 10.5 Å². The molecule has 12 aromatic carbocycles. The predicted octanol–water partition coefficient (Wildman–Crippen LogP) is 20.2. The Labute approximate surface area is 444 Å². The van der Waals surface area contributed by atoms with Crippen LogP contribution < -0.4 is 0 Å². The zero-order valence-electron chi connectivity index (χ0n) is 44.8. The van der Waals surface area contributed by atoms with Gasteiger partial charge in [0.1, 0.15) is 0 Å². The van der Waals surface area contributed by atoms with E-state index in [1.165, 1.54) is 176 Å². The first-order valence-corrected chi connectivity index (χ1v) is 26.6. The average Bonchev–Trinajstić information content (AvgIpc) is 4.10. The van der Waals surface area contributed by atoms with E-state index in [0.717, 1.165) is 22.3 Å². The largest absolute Gasteiger partial charge is 0.192 e. The number of nitrogens with zero attached hydrogens (tertiary/aromatic N) is 2. The smallest absolute Gasteiger partial charge is 0.0991 e. The molecule has 0 fully saturated rings. The third-order valence-electron chi connectivity index (χ3n) is 17.3. The van der Waals surface area contributed by atoms with Crippen LogP contribution in [0.3, 0.4) is 0 Å². The van der Waals surface area contributed by atoms with Gasteiger partial charge in [-0.25, -0.2) is 0 Å². The lowest BCUT2D eigenvalue weighted by atomic mass is 9.82. The molecule has 12 aromatic rings. The van der Waals surface area contributed by atoms with Crippen LogP contribution in [0.25, 0.3) is 143 Å². The van der Waals surface area contributed by atoms with E-state index in [0.29, 0.717) is 11.1 Å². The van der Waals surface area contributed by atoms with E-state index in [4.69, 9.17) is 0 Å². The minimum absolute atomic E-state index is 0.696. The molecular formula is C74H54N2. The molecule has 0 bridgehead atoms. The quantitative estimate of drug-likeness (QED) is 0.165. The van der Waals surface area contributed by atoms with Gasteiger partial charge in [0.25, 0.3) is 0 Å². The SMILES string of the molecule is Cc1cc(C)c(-c2cc3c4cc5c(cc4c(-c4c(C)cc(C)cc4C)cc3c3cc4c(cc23)-c2ccc(-c3c(C)cc(C#N)cc3C)c3cccc-4c23)-c2ccc(-c3c(C)cc(C#N)cc3C)c3cccc-5c23)c(C)c1. The molecule has 0 aliphatic heterocycles. The lowest BCUT2D eigenvalue weighted by Crippen LogP contribution is -1.96. The Morgan fingerprint density at radius 2 is 0.500 bits per heavy atom. The van der Waals surface area contributed by atoms with E-state index >= 15 is 0 Å². The van der Waals surface area contributed by atoms with Crippen molar-refractivity contribution in [2.75, 3.05) is 0 Å². The molecule has 0 heterocycles. The van der Waals surface area contributed by atoms with E-state index in [1.54, 1.807) is 0 Å². The van der Waals surface area contributed by atoms with Crippen molar-refractivity contribution in [1.29, 1.82) is 10.5 Å². The summed E-state index contributed by atoms with van der Waals surface area (Å²) in [4.78, 5) is 0. The summed E-state index contributed by atoms with van der Waals surface area (Å²) in [5, 5.41) is 32.3. The molecule has 2 nitrogen and oxygen atoms in total. The molecule has 0 unspecified atom stereocenters. The zero-order valence-corrected chi connectivity index (χ0v) is 44.8. The molecule has 14 rings (SSSR count). The Hall–Kier alpha value is -9.08. The van der Waals surface area contributed by atoms with E-state index in [2.05, 4.69) is 203 Å².